The molecule has 5 rings (SSSR count). The van der Waals surface area contributed by atoms with E-state index in [1.165, 1.54) is 12.1 Å². The van der Waals surface area contributed by atoms with E-state index in [1.807, 2.05) is 56.0 Å². The third-order valence-corrected chi connectivity index (χ3v) is 11.3. The summed E-state index contributed by atoms with van der Waals surface area (Å²) in [5, 5.41) is 3.07. The van der Waals surface area contributed by atoms with E-state index in [4.69, 9.17) is 9.79 Å². The highest BCUT2D eigenvalue weighted by Crippen LogP contribution is 2.59. The fraction of sp³-hybridized carbons (Fsp3) is 0.500. The van der Waals surface area contributed by atoms with Crippen LogP contribution in [0.2, 0.25) is 0 Å². The third kappa shape index (κ3) is 7.61. The van der Waals surface area contributed by atoms with Crippen LogP contribution in [-0.2, 0) is 26.4 Å². The van der Waals surface area contributed by atoms with Gasteiger partial charge in [-0.15, -0.1) is 11.3 Å². The van der Waals surface area contributed by atoms with Crippen LogP contribution >= 0.6 is 18.9 Å². The molecule has 3 aromatic rings. The Morgan fingerprint density at radius 2 is 1.68 bits per heavy atom. The first-order chi connectivity index (χ1) is 22.1. The Morgan fingerprint density at radius 1 is 1.00 bits per heavy atom. The van der Waals surface area contributed by atoms with Gasteiger partial charge in [-0.25, -0.2) is 0 Å². The fourth-order valence-electron chi connectivity index (χ4n) is 6.57. The number of fused-ring (bicyclic) bond motifs is 1. The standard InChI is InChI=1S/C34H42F2N3O6PS/c1-33(2,3)29(37-30(40)28-20-23-19-24(16-17-27(23)47-28)34(35,36)46(43,44)45)32(42)38-18-10-15-26(38)31(41)39(25-13-8-5-9-14-25)21-22-11-6-4-7-12-22/h4,6-7,11-12,16-17,19-20,25-26,29H,5,8-10,13-15,18,21H2,1-3H3,(H,37,40)(H2,43,44,45)/t26-,29+/m0/s1. The molecular weight excluding hydrogens is 647 g/mol. The van der Waals surface area contributed by atoms with Gasteiger partial charge in [0.2, 0.25) is 11.8 Å². The summed E-state index contributed by atoms with van der Waals surface area (Å²) in [5.74, 6) is -1.01. The molecule has 1 aliphatic heterocycles. The highest BCUT2D eigenvalue weighted by Gasteiger charge is 2.50. The average Bonchev–Trinajstić information content (AvgIpc) is 3.69. The van der Waals surface area contributed by atoms with E-state index in [1.54, 1.807) is 4.90 Å². The van der Waals surface area contributed by atoms with Crippen molar-refractivity contribution in [2.45, 2.75) is 96.1 Å². The zero-order chi connectivity index (χ0) is 34.1. The van der Waals surface area contributed by atoms with Crippen molar-refractivity contribution in [1.82, 2.24) is 15.1 Å². The maximum absolute atomic E-state index is 14.3. The number of carbonyl (C=O) groups is 3. The average molecular weight is 690 g/mol. The summed E-state index contributed by atoms with van der Waals surface area (Å²) in [4.78, 5) is 64.1. The smallest absolute Gasteiger partial charge is 0.339 e. The van der Waals surface area contributed by atoms with Gasteiger partial charge in [-0.2, -0.15) is 8.78 Å². The van der Waals surface area contributed by atoms with Crippen LogP contribution in [0.15, 0.2) is 54.6 Å². The number of carbonyl (C=O) groups excluding carboxylic acids is 3. The summed E-state index contributed by atoms with van der Waals surface area (Å²) in [6, 6.07) is 12.9. The van der Waals surface area contributed by atoms with Gasteiger partial charge in [0.05, 0.1) is 4.88 Å². The molecule has 47 heavy (non-hydrogen) atoms. The number of rotatable bonds is 9. The van der Waals surface area contributed by atoms with Crippen LogP contribution in [0.25, 0.3) is 10.1 Å². The Hall–Kier alpha value is -3.18. The zero-order valence-electron chi connectivity index (χ0n) is 26.8. The summed E-state index contributed by atoms with van der Waals surface area (Å²) in [6.07, 6.45) is 6.30. The van der Waals surface area contributed by atoms with Crippen molar-refractivity contribution < 1.29 is 37.5 Å². The van der Waals surface area contributed by atoms with Gasteiger partial charge in [-0.3, -0.25) is 18.9 Å². The topological polar surface area (TPSA) is 127 Å². The molecule has 0 bridgehead atoms. The van der Waals surface area contributed by atoms with Crippen LogP contribution in [0.4, 0.5) is 8.78 Å². The Bertz CT molecular complexity index is 1660. The summed E-state index contributed by atoms with van der Waals surface area (Å²) in [6.45, 7) is 6.34. The van der Waals surface area contributed by atoms with Gasteiger partial charge in [0.25, 0.3) is 5.91 Å². The molecule has 2 aliphatic rings. The van der Waals surface area contributed by atoms with Crippen molar-refractivity contribution in [3.63, 3.8) is 0 Å². The Kier molecular flexibility index (Phi) is 10.3. The molecule has 2 heterocycles. The van der Waals surface area contributed by atoms with Gasteiger partial charge in [-0.05, 0) is 60.2 Å². The van der Waals surface area contributed by atoms with Crippen LogP contribution in [0.3, 0.4) is 0 Å². The Balaban J connectivity index is 1.37. The summed E-state index contributed by atoms with van der Waals surface area (Å²) < 4.78 is 40.5. The van der Waals surface area contributed by atoms with Crippen molar-refractivity contribution in [2.24, 2.45) is 5.41 Å². The molecule has 1 aliphatic carbocycles. The van der Waals surface area contributed by atoms with E-state index in [9.17, 15) is 27.7 Å². The number of hydrogen-bond acceptors (Lipinski definition) is 5. The molecule has 1 saturated heterocycles. The number of amides is 3. The molecule has 254 valence electrons. The number of hydrogen-bond donors (Lipinski definition) is 3. The van der Waals surface area contributed by atoms with Gasteiger partial charge >= 0.3 is 13.3 Å². The van der Waals surface area contributed by atoms with Crippen LogP contribution in [0.5, 0.6) is 0 Å². The lowest BCUT2D eigenvalue weighted by molar-refractivity contribution is -0.148. The van der Waals surface area contributed by atoms with Gasteiger partial charge in [0.1, 0.15) is 12.1 Å². The number of nitrogens with zero attached hydrogens (tertiary/aromatic N) is 2. The quantitative estimate of drug-likeness (QED) is 0.217. The largest absolute Gasteiger partial charge is 0.399 e. The molecule has 0 radical (unpaired) electrons. The van der Waals surface area contributed by atoms with E-state index < -0.39 is 42.2 Å². The van der Waals surface area contributed by atoms with Gasteiger partial charge in [0, 0.05) is 29.4 Å². The second kappa shape index (κ2) is 13.7. The molecule has 9 nitrogen and oxygen atoms in total. The number of thiophene rings is 1. The van der Waals surface area contributed by atoms with Crippen LogP contribution in [0.1, 0.15) is 86.5 Å². The molecular formula is C34H42F2N3O6PS. The molecule has 13 heteroatoms. The first-order valence-corrected chi connectivity index (χ1v) is 18.4. The molecule has 1 saturated carbocycles. The molecule has 3 amide bonds. The fourth-order valence-corrected chi connectivity index (χ4v) is 7.99. The van der Waals surface area contributed by atoms with Gasteiger partial charge < -0.3 is 24.9 Å². The van der Waals surface area contributed by atoms with Crippen LogP contribution in [-0.4, -0.2) is 62.0 Å². The number of alkyl halides is 2. The predicted molar refractivity (Wildman–Crippen MR) is 177 cm³/mol. The van der Waals surface area contributed by atoms with E-state index in [2.05, 4.69) is 5.32 Å². The molecule has 1 aromatic heterocycles. The lowest BCUT2D eigenvalue weighted by atomic mass is 9.85. The van der Waals surface area contributed by atoms with Crippen molar-refractivity contribution in [3.05, 3.63) is 70.6 Å². The van der Waals surface area contributed by atoms with Crippen LogP contribution < -0.4 is 5.32 Å². The highest BCUT2D eigenvalue weighted by molar-refractivity contribution is 7.52. The predicted octanol–water partition coefficient (Wildman–Crippen LogP) is 6.63. The Labute approximate surface area is 277 Å². The number of likely N-dealkylation sites (tertiary alicyclic amines) is 1. The summed E-state index contributed by atoms with van der Waals surface area (Å²) >= 11 is 1.02. The molecule has 2 atom stereocenters. The lowest BCUT2D eigenvalue weighted by Crippen LogP contribution is -2.58. The number of nitrogens with one attached hydrogen (secondary N) is 1. The zero-order valence-corrected chi connectivity index (χ0v) is 28.5. The minimum atomic E-state index is -5.76. The van der Waals surface area contributed by atoms with E-state index >= 15 is 0 Å². The second-order valence-electron chi connectivity index (χ2n) is 13.7. The second-order valence-corrected chi connectivity index (χ2v) is 16.4. The first kappa shape index (κ1) is 35.1. The summed E-state index contributed by atoms with van der Waals surface area (Å²) in [7, 11) is -5.76. The summed E-state index contributed by atoms with van der Waals surface area (Å²) in [5.41, 5.74) is -4.94. The van der Waals surface area contributed by atoms with E-state index in [-0.39, 0.29) is 28.1 Å². The van der Waals surface area contributed by atoms with Gasteiger partial charge in [0.15, 0.2) is 0 Å². The maximum atomic E-state index is 14.3. The Morgan fingerprint density at radius 3 is 2.32 bits per heavy atom. The monoisotopic (exact) mass is 689 g/mol. The lowest BCUT2D eigenvalue weighted by Gasteiger charge is -2.39. The normalized spacial score (nSPS) is 18.7. The van der Waals surface area contributed by atoms with E-state index in [0.29, 0.717) is 30.6 Å². The number of halogens is 2. The highest BCUT2D eigenvalue weighted by atomic mass is 32.1. The molecule has 2 fully saturated rings. The van der Waals surface area contributed by atoms with Crippen LogP contribution in [0, 0.1) is 5.41 Å². The molecule has 3 N–H and O–H groups in total. The first-order valence-electron chi connectivity index (χ1n) is 16.0. The van der Waals surface area contributed by atoms with E-state index in [0.717, 1.165) is 61.1 Å². The molecule has 0 unspecified atom stereocenters. The molecule has 0 spiro atoms. The van der Waals surface area contributed by atoms with Gasteiger partial charge in [-0.1, -0.05) is 76.4 Å². The number of benzene rings is 2. The SMILES string of the molecule is CC(C)(C)[C@H](NC(=O)c1cc2cc(C(F)(F)P(=O)(O)O)ccc2s1)C(=O)N1CCC[C@H]1C(=O)N(Cc1ccccc1)C1CCCCC1. The van der Waals surface area contributed by atoms with Crippen molar-refractivity contribution in [3.8, 4) is 0 Å². The minimum Gasteiger partial charge on any atom is -0.339 e. The molecule has 2 aromatic carbocycles. The van der Waals surface area contributed by atoms with Crippen molar-refractivity contribution in [2.75, 3.05) is 6.54 Å². The third-order valence-electron chi connectivity index (χ3n) is 9.16. The minimum absolute atomic E-state index is 0.0713. The van der Waals surface area contributed by atoms with Crippen molar-refractivity contribution >= 4 is 46.7 Å². The van der Waals surface area contributed by atoms with Crippen molar-refractivity contribution in [1.29, 1.82) is 0 Å². The maximum Gasteiger partial charge on any atom is 0.399 e.